The maximum Gasteiger partial charge on any atom is 0.193 e. The molecule has 1 saturated carbocycles. The number of aliphatic imine (C=N–C) groups is 1. The van der Waals surface area contributed by atoms with Crippen LogP contribution in [0.25, 0.3) is 0 Å². The lowest BCUT2D eigenvalue weighted by atomic mass is 9.87. The monoisotopic (exact) mass is 466 g/mol. The molecule has 4 nitrogen and oxygen atoms in total. The highest BCUT2D eigenvalue weighted by molar-refractivity contribution is 14.0. The Kier molecular flexibility index (Phi) is 8.47. The van der Waals surface area contributed by atoms with Crippen molar-refractivity contribution in [1.82, 2.24) is 15.1 Å². The summed E-state index contributed by atoms with van der Waals surface area (Å²) < 4.78 is 0.514. The molecular weight excluding hydrogens is 431 g/mol. The molecule has 0 amide bonds. The Hall–Kier alpha value is 0.310. The van der Waals surface area contributed by atoms with Gasteiger partial charge in [-0.1, -0.05) is 26.2 Å². The fourth-order valence-electron chi connectivity index (χ4n) is 4.46. The van der Waals surface area contributed by atoms with Crippen LogP contribution in [-0.2, 0) is 0 Å². The van der Waals surface area contributed by atoms with E-state index in [9.17, 15) is 0 Å². The summed E-state index contributed by atoms with van der Waals surface area (Å²) in [6.07, 6.45) is 8.41. The summed E-state index contributed by atoms with van der Waals surface area (Å²) >= 11 is 2.23. The Morgan fingerprint density at radius 1 is 1.25 bits per heavy atom. The van der Waals surface area contributed by atoms with Crippen molar-refractivity contribution in [3.63, 3.8) is 0 Å². The fraction of sp³-hybridized carbons (Fsp3) is 0.944. The van der Waals surface area contributed by atoms with Crippen LogP contribution in [0.1, 0.15) is 45.4 Å². The van der Waals surface area contributed by atoms with E-state index in [1.54, 1.807) is 0 Å². The van der Waals surface area contributed by atoms with Gasteiger partial charge in [0, 0.05) is 43.7 Å². The quantitative estimate of drug-likeness (QED) is 0.393. The molecule has 2 aliphatic heterocycles. The van der Waals surface area contributed by atoms with Gasteiger partial charge in [0.1, 0.15) is 0 Å². The summed E-state index contributed by atoms with van der Waals surface area (Å²) in [7, 11) is 1.95. The van der Waals surface area contributed by atoms with E-state index in [0.717, 1.165) is 25.0 Å². The molecule has 3 aliphatic rings. The number of halogens is 1. The number of hydrogen-bond acceptors (Lipinski definition) is 3. The van der Waals surface area contributed by atoms with Crippen LogP contribution in [0.15, 0.2) is 4.99 Å². The molecule has 24 heavy (non-hydrogen) atoms. The lowest BCUT2D eigenvalue weighted by Crippen LogP contribution is -2.54. The van der Waals surface area contributed by atoms with Crippen LogP contribution in [0.4, 0.5) is 0 Å². The zero-order valence-electron chi connectivity index (χ0n) is 15.4. The minimum absolute atomic E-state index is 0. The maximum absolute atomic E-state index is 4.60. The average Bonchev–Trinajstić information content (AvgIpc) is 3.04. The highest BCUT2D eigenvalue weighted by atomic mass is 127. The van der Waals surface area contributed by atoms with Gasteiger partial charge < -0.3 is 15.1 Å². The van der Waals surface area contributed by atoms with E-state index in [1.807, 2.05) is 7.05 Å². The Morgan fingerprint density at radius 3 is 2.71 bits per heavy atom. The Balaban J connectivity index is 0.00000208. The highest BCUT2D eigenvalue weighted by Crippen LogP contribution is 2.42. The summed E-state index contributed by atoms with van der Waals surface area (Å²) in [6, 6.07) is 0. The van der Waals surface area contributed by atoms with Crippen molar-refractivity contribution in [3.05, 3.63) is 0 Å². The number of hydrogen-bond donors (Lipinski definition) is 1. The molecule has 1 unspecified atom stereocenters. The van der Waals surface area contributed by atoms with Gasteiger partial charge in [-0.25, -0.2) is 0 Å². The highest BCUT2D eigenvalue weighted by Gasteiger charge is 2.38. The van der Waals surface area contributed by atoms with Crippen molar-refractivity contribution in [1.29, 1.82) is 0 Å². The second-order valence-corrected chi connectivity index (χ2v) is 9.05. The average molecular weight is 466 g/mol. The Morgan fingerprint density at radius 2 is 2.04 bits per heavy atom. The van der Waals surface area contributed by atoms with Gasteiger partial charge >= 0.3 is 0 Å². The largest absolute Gasteiger partial charge is 0.356 e. The number of likely N-dealkylation sites (tertiary alicyclic amines) is 1. The molecule has 0 radical (unpaired) electrons. The number of nitrogens with zero attached hydrogens (tertiary/aromatic N) is 3. The van der Waals surface area contributed by atoms with Crippen LogP contribution in [0.5, 0.6) is 0 Å². The third kappa shape index (κ3) is 5.16. The van der Waals surface area contributed by atoms with Gasteiger partial charge in [-0.15, -0.1) is 24.0 Å². The minimum atomic E-state index is 0. The van der Waals surface area contributed by atoms with Crippen LogP contribution in [0.2, 0.25) is 0 Å². The summed E-state index contributed by atoms with van der Waals surface area (Å²) in [4.78, 5) is 9.69. The molecule has 1 aliphatic carbocycles. The Bertz CT molecular complexity index is 406. The molecule has 3 fully saturated rings. The van der Waals surface area contributed by atoms with Gasteiger partial charge in [0.2, 0.25) is 0 Å². The van der Waals surface area contributed by atoms with Crippen molar-refractivity contribution in [2.45, 2.75) is 50.2 Å². The second-order valence-electron chi connectivity index (χ2n) is 7.49. The lowest BCUT2D eigenvalue weighted by Gasteiger charge is -2.45. The first-order valence-electron chi connectivity index (χ1n) is 9.56. The molecule has 6 heteroatoms. The summed E-state index contributed by atoms with van der Waals surface area (Å²) in [5.74, 6) is 3.19. The van der Waals surface area contributed by atoms with Gasteiger partial charge in [0.25, 0.3) is 0 Å². The zero-order valence-corrected chi connectivity index (χ0v) is 18.6. The number of rotatable bonds is 3. The van der Waals surface area contributed by atoms with Gasteiger partial charge in [-0.05, 0) is 38.3 Å². The Labute approximate surface area is 169 Å². The molecular formula is C18H35IN4S. The summed E-state index contributed by atoms with van der Waals surface area (Å²) in [5, 5.41) is 3.69. The molecule has 0 aromatic carbocycles. The standard InChI is InChI=1S/C18H34N4S.HI/c1-3-21-10-7-16(14-21)13-20-17(19-2)22-11-12-23-18(15-22)8-5-4-6-9-18;/h16H,3-15H2,1-2H3,(H,19,20);1H. The topological polar surface area (TPSA) is 30.9 Å². The van der Waals surface area contributed by atoms with E-state index in [4.69, 9.17) is 0 Å². The SMILES string of the molecule is CCN1CCC(CNC(=NC)N2CCSC3(CCCCC3)C2)C1.I. The van der Waals surface area contributed by atoms with Crippen molar-refractivity contribution in [2.75, 3.05) is 52.1 Å². The predicted octanol–water partition coefficient (Wildman–Crippen LogP) is 3.27. The van der Waals surface area contributed by atoms with E-state index in [2.05, 4.69) is 38.8 Å². The molecule has 3 rings (SSSR count). The zero-order chi connectivity index (χ0) is 16.1. The fourth-order valence-corrected chi connectivity index (χ4v) is 6.03. The molecule has 2 saturated heterocycles. The predicted molar refractivity (Wildman–Crippen MR) is 117 cm³/mol. The molecule has 0 aromatic heterocycles. The summed E-state index contributed by atoms with van der Waals surface area (Å²) in [5.41, 5.74) is 0. The van der Waals surface area contributed by atoms with Gasteiger partial charge in [-0.3, -0.25) is 4.99 Å². The second kappa shape index (κ2) is 9.86. The van der Waals surface area contributed by atoms with E-state index in [0.29, 0.717) is 4.75 Å². The van der Waals surface area contributed by atoms with Gasteiger partial charge in [-0.2, -0.15) is 11.8 Å². The third-order valence-corrected chi connectivity index (χ3v) is 7.43. The van der Waals surface area contributed by atoms with Gasteiger partial charge in [0.15, 0.2) is 5.96 Å². The van der Waals surface area contributed by atoms with E-state index >= 15 is 0 Å². The maximum atomic E-state index is 4.60. The number of nitrogens with one attached hydrogen (secondary N) is 1. The van der Waals surface area contributed by atoms with Crippen molar-refractivity contribution in [3.8, 4) is 0 Å². The molecule has 2 heterocycles. The van der Waals surface area contributed by atoms with Crippen LogP contribution >= 0.6 is 35.7 Å². The van der Waals surface area contributed by atoms with Gasteiger partial charge in [0.05, 0.1) is 0 Å². The van der Waals surface area contributed by atoms with Crippen molar-refractivity contribution < 1.29 is 0 Å². The van der Waals surface area contributed by atoms with Crippen LogP contribution in [0.3, 0.4) is 0 Å². The van der Waals surface area contributed by atoms with Crippen molar-refractivity contribution >= 4 is 41.7 Å². The molecule has 1 atom stereocenters. The van der Waals surface area contributed by atoms with Crippen molar-refractivity contribution in [2.24, 2.45) is 10.9 Å². The smallest absolute Gasteiger partial charge is 0.193 e. The van der Waals surface area contributed by atoms with E-state index < -0.39 is 0 Å². The first-order chi connectivity index (χ1) is 11.2. The first-order valence-corrected chi connectivity index (χ1v) is 10.6. The number of guanidine groups is 1. The first kappa shape index (κ1) is 20.6. The van der Waals surface area contributed by atoms with Crippen LogP contribution in [-0.4, -0.2) is 72.6 Å². The van der Waals surface area contributed by atoms with E-state index in [1.165, 1.54) is 70.5 Å². The summed E-state index contributed by atoms with van der Waals surface area (Å²) in [6.45, 7) is 9.41. The molecule has 0 aromatic rings. The van der Waals surface area contributed by atoms with E-state index in [-0.39, 0.29) is 24.0 Å². The third-order valence-electron chi connectivity index (χ3n) is 5.89. The number of thioether (sulfide) groups is 1. The molecule has 140 valence electrons. The normalized spacial score (nSPS) is 28.0. The minimum Gasteiger partial charge on any atom is -0.356 e. The molecule has 0 bridgehead atoms. The van der Waals surface area contributed by atoms with Crippen LogP contribution < -0.4 is 5.32 Å². The van der Waals surface area contributed by atoms with Crippen LogP contribution in [0, 0.1) is 5.92 Å². The molecule has 1 N–H and O–H groups in total. The lowest BCUT2D eigenvalue weighted by molar-refractivity contribution is 0.291. The molecule has 1 spiro atoms.